The van der Waals surface area contributed by atoms with Crippen molar-refractivity contribution >= 4 is 46.3 Å². The first-order chi connectivity index (χ1) is 14.3. The van der Waals surface area contributed by atoms with Crippen LogP contribution in [-0.4, -0.2) is 45.6 Å². The Balaban J connectivity index is 1.84. The van der Waals surface area contributed by atoms with Gasteiger partial charge in [-0.25, -0.2) is 9.79 Å². The molecule has 0 saturated carbocycles. The largest absolute Gasteiger partial charge is 0.502 e. The number of carbonyl (C=O) groups is 2. The number of aromatic hydroxyl groups is 1. The average molecular weight is 427 g/mol. The number of thioether (sulfide) groups is 1. The summed E-state index contributed by atoms with van der Waals surface area (Å²) in [5.74, 6) is -1.18. The molecule has 30 heavy (non-hydrogen) atoms. The third-order valence-corrected chi connectivity index (χ3v) is 5.16. The number of phenols is 1. The molecule has 0 unspecified atom stereocenters. The topological polar surface area (TPSA) is 122 Å². The molecule has 1 aliphatic rings. The van der Waals surface area contributed by atoms with Crippen molar-refractivity contribution in [3.63, 3.8) is 0 Å². The van der Waals surface area contributed by atoms with Gasteiger partial charge in [0.1, 0.15) is 0 Å². The van der Waals surface area contributed by atoms with Crippen LogP contribution in [-0.2, 0) is 9.53 Å². The van der Waals surface area contributed by atoms with E-state index in [2.05, 4.69) is 4.99 Å². The van der Waals surface area contributed by atoms with Crippen molar-refractivity contribution in [2.24, 2.45) is 4.99 Å². The van der Waals surface area contributed by atoms with Crippen molar-refractivity contribution < 1.29 is 24.4 Å². The highest BCUT2D eigenvalue weighted by Gasteiger charge is 2.30. The lowest BCUT2D eigenvalue weighted by Gasteiger charge is -2.07. The lowest BCUT2D eigenvalue weighted by molar-refractivity contribution is -0.385. The number of hydrogen-bond donors (Lipinski definition) is 1. The number of phenolic OH excluding ortho intramolecular Hbond substituents is 1. The van der Waals surface area contributed by atoms with Gasteiger partial charge in [0.15, 0.2) is 10.9 Å². The zero-order valence-electron chi connectivity index (χ0n) is 16.1. The van der Waals surface area contributed by atoms with E-state index in [0.29, 0.717) is 26.9 Å². The van der Waals surface area contributed by atoms with Crippen molar-refractivity contribution in [1.82, 2.24) is 4.90 Å². The van der Waals surface area contributed by atoms with Crippen LogP contribution in [0.2, 0.25) is 0 Å². The zero-order valence-corrected chi connectivity index (χ0v) is 16.9. The van der Waals surface area contributed by atoms with E-state index in [1.54, 1.807) is 38.2 Å². The van der Waals surface area contributed by atoms with E-state index in [-0.39, 0.29) is 12.5 Å². The lowest BCUT2D eigenvalue weighted by Crippen LogP contribution is -2.23. The molecule has 0 bridgehead atoms. The summed E-state index contributed by atoms with van der Waals surface area (Å²) in [6.45, 7) is 2.01. The van der Waals surface area contributed by atoms with E-state index < -0.39 is 22.3 Å². The first-order valence-electron chi connectivity index (χ1n) is 8.81. The van der Waals surface area contributed by atoms with Gasteiger partial charge in [-0.3, -0.25) is 19.8 Å². The Morgan fingerprint density at radius 2 is 2.00 bits per heavy atom. The fourth-order valence-electron chi connectivity index (χ4n) is 2.58. The highest BCUT2D eigenvalue weighted by Crippen LogP contribution is 2.34. The van der Waals surface area contributed by atoms with Gasteiger partial charge in [0.05, 0.1) is 27.7 Å². The van der Waals surface area contributed by atoms with Crippen LogP contribution < -0.4 is 0 Å². The van der Waals surface area contributed by atoms with E-state index in [1.807, 2.05) is 0 Å². The average Bonchev–Trinajstić information content (AvgIpc) is 2.97. The molecule has 2 aromatic carbocycles. The van der Waals surface area contributed by atoms with Crippen LogP contribution in [0.5, 0.6) is 5.75 Å². The minimum absolute atomic E-state index is 0.283. The number of hydrogen-bond acceptors (Lipinski definition) is 8. The van der Waals surface area contributed by atoms with Gasteiger partial charge in [0.2, 0.25) is 0 Å². The number of nitrogens with zero attached hydrogens (tertiary/aromatic N) is 3. The highest BCUT2D eigenvalue weighted by molar-refractivity contribution is 8.18. The fourth-order valence-corrected chi connectivity index (χ4v) is 3.56. The van der Waals surface area contributed by atoms with Gasteiger partial charge >= 0.3 is 11.7 Å². The summed E-state index contributed by atoms with van der Waals surface area (Å²) in [5.41, 5.74) is 0.915. The van der Waals surface area contributed by atoms with Crippen molar-refractivity contribution in [2.75, 3.05) is 13.7 Å². The van der Waals surface area contributed by atoms with Crippen molar-refractivity contribution in [3.8, 4) is 5.75 Å². The first-order valence-corrected chi connectivity index (χ1v) is 9.62. The first kappa shape index (κ1) is 21.1. The Morgan fingerprint density at radius 1 is 1.30 bits per heavy atom. The van der Waals surface area contributed by atoms with Crippen molar-refractivity contribution in [3.05, 3.63) is 68.6 Å². The molecule has 1 N–H and O–H groups in total. The predicted molar refractivity (Wildman–Crippen MR) is 113 cm³/mol. The highest BCUT2D eigenvalue weighted by atomic mass is 32.2. The quantitative estimate of drug-likeness (QED) is 0.334. The summed E-state index contributed by atoms with van der Waals surface area (Å²) in [6, 6.07) is 10.3. The summed E-state index contributed by atoms with van der Waals surface area (Å²) in [7, 11) is 1.57. The summed E-state index contributed by atoms with van der Waals surface area (Å²) >= 11 is 1.12. The third kappa shape index (κ3) is 4.49. The minimum atomic E-state index is -0.695. The Labute approximate surface area is 175 Å². The molecule has 154 valence electrons. The van der Waals surface area contributed by atoms with E-state index in [9.17, 15) is 24.8 Å². The van der Waals surface area contributed by atoms with Crippen LogP contribution in [0, 0.1) is 10.1 Å². The number of aliphatic imine (C=N–C) groups is 1. The molecule has 1 amide bonds. The molecule has 1 saturated heterocycles. The molecule has 10 heteroatoms. The third-order valence-electron chi connectivity index (χ3n) is 4.10. The molecule has 0 aliphatic carbocycles. The Bertz CT molecular complexity index is 1080. The fraction of sp³-hybridized carbons (Fsp3) is 0.150. The lowest BCUT2D eigenvalue weighted by atomic mass is 10.1. The van der Waals surface area contributed by atoms with Gasteiger partial charge in [-0.05, 0) is 60.7 Å². The summed E-state index contributed by atoms with van der Waals surface area (Å²) in [6.07, 6.45) is 1.50. The Kier molecular flexibility index (Phi) is 6.17. The number of rotatable bonds is 5. The monoisotopic (exact) mass is 427 g/mol. The number of nitro benzene ring substituents is 1. The van der Waals surface area contributed by atoms with E-state index >= 15 is 0 Å². The molecule has 0 aromatic heterocycles. The minimum Gasteiger partial charge on any atom is -0.502 e. The number of ether oxygens (including phenoxy) is 1. The molecule has 1 heterocycles. The zero-order chi connectivity index (χ0) is 21.8. The number of amidine groups is 1. The van der Waals surface area contributed by atoms with E-state index in [4.69, 9.17) is 4.74 Å². The van der Waals surface area contributed by atoms with Gasteiger partial charge in [-0.15, -0.1) is 0 Å². The van der Waals surface area contributed by atoms with E-state index in [1.165, 1.54) is 29.2 Å². The predicted octanol–water partition coefficient (Wildman–Crippen LogP) is 3.71. The number of nitro groups is 1. The van der Waals surface area contributed by atoms with Gasteiger partial charge in [-0.1, -0.05) is 6.07 Å². The Hall–Kier alpha value is -3.66. The van der Waals surface area contributed by atoms with Crippen LogP contribution >= 0.6 is 11.8 Å². The molecule has 2 aromatic rings. The maximum Gasteiger partial charge on any atom is 0.338 e. The van der Waals surface area contributed by atoms with Crippen LogP contribution in [0.3, 0.4) is 0 Å². The molecule has 0 atom stereocenters. The molecule has 0 spiro atoms. The molecule has 1 fully saturated rings. The van der Waals surface area contributed by atoms with Crippen molar-refractivity contribution in [1.29, 1.82) is 0 Å². The molecule has 0 radical (unpaired) electrons. The maximum absolute atomic E-state index is 12.5. The summed E-state index contributed by atoms with van der Waals surface area (Å²) in [5, 5.41) is 21.0. The van der Waals surface area contributed by atoms with Crippen molar-refractivity contribution in [2.45, 2.75) is 6.92 Å². The smallest absolute Gasteiger partial charge is 0.338 e. The summed E-state index contributed by atoms with van der Waals surface area (Å²) < 4.78 is 4.94. The van der Waals surface area contributed by atoms with Gasteiger partial charge in [-0.2, -0.15) is 0 Å². The number of esters is 1. The summed E-state index contributed by atoms with van der Waals surface area (Å²) in [4.78, 5) is 40.7. The number of likely N-dealkylation sites (N-methyl/N-ethyl adjacent to an activating group) is 1. The number of amides is 1. The molecular formula is C20H17N3O6S. The maximum atomic E-state index is 12.5. The van der Waals surface area contributed by atoms with Crippen LogP contribution in [0.15, 0.2) is 52.4 Å². The second-order valence-corrected chi connectivity index (χ2v) is 7.15. The van der Waals surface area contributed by atoms with Gasteiger partial charge < -0.3 is 9.84 Å². The van der Waals surface area contributed by atoms with Crippen LogP contribution in [0.1, 0.15) is 22.8 Å². The number of benzene rings is 2. The molecule has 1 aliphatic heterocycles. The second kappa shape index (κ2) is 8.78. The normalized spacial score (nSPS) is 16.3. The van der Waals surface area contributed by atoms with Crippen LogP contribution in [0.25, 0.3) is 6.08 Å². The molecule has 3 rings (SSSR count). The standard InChI is InChI=1S/C20H17N3O6S/c1-3-29-19(26)13-5-7-14(8-6-13)21-20-22(2)18(25)17(30-20)11-12-4-9-16(24)15(10-12)23(27)28/h4-11,24H,3H2,1-2H3/b17-11+,21-20?. The number of carbonyl (C=O) groups excluding carboxylic acids is 2. The molecule has 9 nitrogen and oxygen atoms in total. The van der Waals surface area contributed by atoms with E-state index in [0.717, 1.165) is 11.8 Å². The van der Waals surface area contributed by atoms with Crippen LogP contribution in [0.4, 0.5) is 11.4 Å². The SMILES string of the molecule is CCOC(=O)c1ccc(N=C2S/C(=C/c3ccc(O)c([N+](=O)[O-])c3)C(=O)N2C)cc1. The second-order valence-electron chi connectivity index (χ2n) is 6.14. The van der Waals surface area contributed by atoms with Gasteiger partial charge in [0, 0.05) is 13.1 Å². The molecular weight excluding hydrogens is 410 g/mol. The Morgan fingerprint density at radius 3 is 2.63 bits per heavy atom. The van der Waals surface area contributed by atoms with Gasteiger partial charge in [0.25, 0.3) is 5.91 Å².